The maximum Gasteiger partial charge on any atom is 0.237 e. The molecule has 0 spiro atoms. The first-order chi connectivity index (χ1) is 15.0. The summed E-state index contributed by atoms with van der Waals surface area (Å²) in [7, 11) is 1.89. The van der Waals surface area contributed by atoms with Gasteiger partial charge in [-0.15, -0.1) is 0 Å². The molecule has 1 saturated heterocycles. The van der Waals surface area contributed by atoms with Crippen LogP contribution in [-0.4, -0.2) is 40.8 Å². The number of halogens is 2. The van der Waals surface area contributed by atoms with Crippen LogP contribution in [0.3, 0.4) is 0 Å². The van der Waals surface area contributed by atoms with Gasteiger partial charge in [-0.2, -0.15) is 0 Å². The summed E-state index contributed by atoms with van der Waals surface area (Å²) in [6, 6.07) is 13.9. The number of carbonyl (C=O) groups is 1. The molecule has 5 nitrogen and oxygen atoms in total. The Labute approximate surface area is 186 Å². The Bertz CT molecular complexity index is 1020. The first kappa shape index (κ1) is 21.5. The molecule has 2 heterocycles. The number of aromatic nitrogens is 1. The highest BCUT2D eigenvalue weighted by molar-refractivity contribution is 6.30. The van der Waals surface area contributed by atoms with Gasteiger partial charge in [0.25, 0.3) is 0 Å². The quantitative estimate of drug-likeness (QED) is 0.525. The van der Waals surface area contributed by atoms with Crippen molar-refractivity contribution >= 4 is 17.5 Å². The normalized spacial score (nSPS) is 16.3. The zero-order valence-electron chi connectivity index (χ0n) is 17.4. The second-order valence-electron chi connectivity index (χ2n) is 8.01. The van der Waals surface area contributed by atoms with E-state index in [2.05, 4.69) is 4.98 Å². The summed E-state index contributed by atoms with van der Waals surface area (Å²) >= 11 is 5.95. The Kier molecular flexibility index (Phi) is 6.68. The lowest BCUT2D eigenvalue weighted by Gasteiger charge is -2.25. The number of oxazole rings is 1. The lowest BCUT2D eigenvalue weighted by molar-refractivity contribution is -0.133. The Morgan fingerprint density at radius 2 is 1.90 bits per heavy atom. The molecule has 1 aliphatic heterocycles. The molecule has 2 aromatic carbocycles. The zero-order chi connectivity index (χ0) is 21.8. The van der Waals surface area contributed by atoms with Gasteiger partial charge in [0.2, 0.25) is 11.8 Å². The third-order valence-corrected chi connectivity index (χ3v) is 5.74. The number of benzene rings is 2. The van der Waals surface area contributed by atoms with Gasteiger partial charge < -0.3 is 9.32 Å². The summed E-state index contributed by atoms with van der Waals surface area (Å²) < 4.78 is 19.1. The third-order valence-electron chi connectivity index (χ3n) is 5.49. The fourth-order valence-corrected chi connectivity index (χ4v) is 4.09. The van der Waals surface area contributed by atoms with Crippen LogP contribution in [-0.2, 0) is 17.8 Å². The van der Waals surface area contributed by atoms with E-state index in [-0.39, 0.29) is 24.3 Å². The van der Waals surface area contributed by atoms with E-state index in [0.717, 1.165) is 29.7 Å². The number of hydrogen-bond acceptors (Lipinski definition) is 4. The van der Waals surface area contributed by atoms with E-state index in [4.69, 9.17) is 16.0 Å². The van der Waals surface area contributed by atoms with Crippen LogP contribution >= 0.6 is 11.6 Å². The largest absolute Gasteiger partial charge is 0.443 e. The van der Waals surface area contributed by atoms with Crippen molar-refractivity contribution in [1.29, 1.82) is 0 Å². The minimum Gasteiger partial charge on any atom is -0.443 e. The number of amides is 1. The minimum atomic E-state index is -0.260. The van der Waals surface area contributed by atoms with Crippen LogP contribution in [0.15, 0.2) is 59.1 Å². The average molecular weight is 442 g/mol. The molecular weight excluding hydrogens is 417 g/mol. The van der Waals surface area contributed by atoms with E-state index >= 15 is 0 Å². The molecule has 1 amide bonds. The summed E-state index contributed by atoms with van der Waals surface area (Å²) in [5, 5.41) is 0.700. The number of nitrogens with zero attached hydrogens (tertiary/aromatic N) is 3. The molecule has 3 aromatic rings. The number of hydrogen-bond donors (Lipinski definition) is 0. The van der Waals surface area contributed by atoms with E-state index in [1.165, 1.54) is 12.1 Å². The summed E-state index contributed by atoms with van der Waals surface area (Å²) in [5.41, 5.74) is 2.06. The van der Waals surface area contributed by atoms with Crippen molar-refractivity contribution in [3.05, 3.63) is 88.3 Å². The van der Waals surface area contributed by atoms with Crippen LogP contribution in [0.25, 0.3) is 0 Å². The van der Waals surface area contributed by atoms with E-state index in [1.807, 2.05) is 41.1 Å². The first-order valence-electron chi connectivity index (χ1n) is 10.4. The summed E-state index contributed by atoms with van der Waals surface area (Å²) in [4.78, 5) is 21.2. The third kappa shape index (κ3) is 5.51. The van der Waals surface area contributed by atoms with Crippen LogP contribution in [0.2, 0.25) is 5.02 Å². The lowest BCUT2D eigenvalue weighted by Crippen LogP contribution is -2.38. The van der Waals surface area contributed by atoms with Crippen LogP contribution in [0.4, 0.5) is 4.39 Å². The number of carbonyl (C=O) groups excluding carboxylic acids is 1. The zero-order valence-corrected chi connectivity index (χ0v) is 18.2. The molecular formula is C24H25ClFN3O2. The fourth-order valence-electron chi connectivity index (χ4n) is 3.96. The second-order valence-corrected chi connectivity index (χ2v) is 8.45. The highest BCUT2D eigenvalue weighted by Gasteiger charge is 2.33. The molecule has 1 unspecified atom stereocenters. The van der Waals surface area contributed by atoms with Crippen LogP contribution < -0.4 is 0 Å². The van der Waals surface area contributed by atoms with Crippen molar-refractivity contribution in [2.24, 2.45) is 0 Å². The molecule has 0 aliphatic carbocycles. The SMILES string of the molecule is CN(CC(=O)N1CCCC1c1ncc(Cc2ccc(Cl)cc2)o1)Cc1ccc(F)cc1. The van der Waals surface area contributed by atoms with Gasteiger partial charge in [-0.1, -0.05) is 35.9 Å². The predicted octanol–water partition coefficient (Wildman–Crippen LogP) is 4.85. The molecule has 162 valence electrons. The fraction of sp³-hybridized carbons (Fsp3) is 0.333. The van der Waals surface area contributed by atoms with Crippen molar-refractivity contribution in [3.8, 4) is 0 Å². The molecule has 31 heavy (non-hydrogen) atoms. The number of likely N-dealkylation sites (tertiary alicyclic amines) is 1. The number of likely N-dealkylation sites (N-methyl/N-ethyl adjacent to an activating group) is 1. The minimum absolute atomic E-state index is 0.0459. The maximum atomic E-state index is 13.1. The maximum absolute atomic E-state index is 13.1. The Balaban J connectivity index is 1.37. The molecule has 1 atom stereocenters. The average Bonchev–Trinajstić information content (AvgIpc) is 3.41. The second kappa shape index (κ2) is 9.62. The Morgan fingerprint density at radius 1 is 1.19 bits per heavy atom. The van der Waals surface area contributed by atoms with Gasteiger partial charge in [-0.25, -0.2) is 9.37 Å². The van der Waals surface area contributed by atoms with Gasteiger partial charge in [0.1, 0.15) is 17.6 Å². The van der Waals surface area contributed by atoms with Crippen molar-refractivity contribution in [2.75, 3.05) is 20.1 Å². The van der Waals surface area contributed by atoms with Crippen molar-refractivity contribution < 1.29 is 13.6 Å². The Hall–Kier alpha value is -2.70. The first-order valence-corrected chi connectivity index (χ1v) is 10.8. The smallest absolute Gasteiger partial charge is 0.237 e. The molecule has 0 radical (unpaired) electrons. The standard InChI is InChI=1S/C24H25ClFN3O2/c1-28(15-18-6-10-20(26)11-7-18)16-23(30)29-12-2-3-22(29)24-27-14-21(31-24)13-17-4-8-19(25)9-5-17/h4-11,14,22H,2-3,12-13,15-16H2,1H3. The van der Waals surface area contributed by atoms with Gasteiger partial charge in [0, 0.05) is 24.5 Å². The topological polar surface area (TPSA) is 49.6 Å². The molecule has 0 saturated carbocycles. The van der Waals surface area contributed by atoms with Gasteiger partial charge in [0.15, 0.2) is 0 Å². The van der Waals surface area contributed by atoms with Crippen LogP contribution in [0, 0.1) is 5.82 Å². The van der Waals surface area contributed by atoms with E-state index in [1.54, 1.807) is 18.3 Å². The van der Waals surface area contributed by atoms with E-state index in [9.17, 15) is 9.18 Å². The highest BCUT2D eigenvalue weighted by atomic mass is 35.5. The van der Waals surface area contributed by atoms with E-state index in [0.29, 0.717) is 30.4 Å². The van der Waals surface area contributed by atoms with Gasteiger partial charge >= 0.3 is 0 Å². The van der Waals surface area contributed by atoms with Gasteiger partial charge in [0.05, 0.1) is 12.7 Å². The summed E-state index contributed by atoms with van der Waals surface area (Å²) in [6.45, 7) is 1.56. The van der Waals surface area contributed by atoms with Crippen LogP contribution in [0.5, 0.6) is 0 Å². The lowest BCUT2D eigenvalue weighted by atomic mass is 10.1. The highest BCUT2D eigenvalue weighted by Crippen LogP contribution is 2.32. The molecule has 0 N–H and O–H groups in total. The van der Waals surface area contributed by atoms with E-state index < -0.39 is 0 Å². The molecule has 1 aromatic heterocycles. The molecule has 1 aliphatic rings. The summed E-state index contributed by atoms with van der Waals surface area (Å²) in [5.74, 6) is 1.15. The van der Waals surface area contributed by atoms with Crippen LogP contribution in [0.1, 0.15) is 41.7 Å². The molecule has 0 bridgehead atoms. The van der Waals surface area contributed by atoms with Crippen molar-refractivity contribution in [3.63, 3.8) is 0 Å². The number of rotatable bonds is 7. The predicted molar refractivity (Wildman–Crippen MR) is 117 cm³/mol. The van der Waals surface area contributed by atoms with Crippen molar-refractivity contribution in [2.45, 2.75) is 31.8 Å². The van der Waals surface area contributed by atoms with Crippen molar-refractivity contribution in [1.82, 2.24) is 14.8 Å². The molecule has 7 heteroatoms. The summed E-state index contributed by atoms with van der Waals surface area (Å²) in [6.07, 6.45) is 4.14. The Morgan fingerprint density at radius 3 is 2.65 bits per heavy atom. The monoisotopic (exact) mass is 441 g/mol. The molecule has 4 rings (SSSR count). The van der Waals surface area contributed by atoms with Gasteiger partial charge in [-0.05, 0) is 55.3 Å². The van der Waals surface area contributed by atoms with Gasteiger partial charge in [-0.3, -0.25) is 9.69 Å². The molecule has 1 fully saturated rings.